The fourth-order valence-corrected chi connectivity index (χ4v) is 1.41. The number of carboxylic acid groups (broad SMARTS) is 2. The summed E-state index contributed by atoms with van der Waals surface area (Å²) in [6.07, 6.45) is -0.765. The zero-order valence-corrected chi connectivity index (χ0v) is 11.2. The summed E-state index contributed by atoms with van der Waals surface area (Å²) < 4.78 is 0. The van der Waals surface area contributed by atoms with Crippen molar-refractivity contribution >= 4 is 35.3 Å². The number of carbonyl (C=O) groups excluding carboxylic acids is 2. The number of anilines is 2. The largest absolute Gasteiger partial charge is 0.481 e. The number of aliphatic carboxylic acids is 2. The van der Waals surface area contributed by atoms with Crippen molar-refractivity contribution in [2.24, 2.45) is 0 Å². The van der Waals surface area contributed by atoms with Crippen LogP contribution in [-0.2, 0) is 9.59 Å². The lowest BCUT2D eigenvalue weighted by Gasteiger charge is -2.08. The van der Waals surface area contributed by atoms with E-state index in [1.165, 1.54) is 0 Å². The number of carbonyl (C=O) groups is 4. The van der Waals surface area contributed by atoms with Gasteiger partial charge in [-0.05, 0) is 0 Å². The Morgan fingerprint density at radius 3 is 2.00 bits per heavy atom. The molecule has 7 N–H and O–H groups in total. The summed E-state index contributed by atoms with van der Waals surface area (Å²) in [6.45, 7) is -0.654. The Labute approximate surface area is 123 Å². The average Bonchev–Trinajstić information content (AvgIpc) is 2.44. The Balaban J connectivity index is 2.96. The van der Waals surface area contributed by atoms with E-state index in [0.717, 1.165) is 0 Å². The van der Waals surface area contributed by atoms with Crippen LogP contribution in [0.1, 0.15) is 33.8 Å². The first kappa shape index (κ1) is 16.8. The van der Waals surface area contributed by atoms with Gasteiger partial charge in [0.2, 0.25) is 0 Å². The molecular formula is C11H13N5O6. The summed E-state index contributed by atoms with van der Waals surface area (Å²) in [5.41, 5.74) is 10.2. The van der Waals surface area contributed by atoms with Crippen LogP contribution < -0.4 is 16.8 Å². The highest BCUT2D eigenvalue weighted by Gasteiger charge is 2.21. The van der Waals surface area contributed by atoms with E-state index in [-0.39, 0.29) is 12.1 Å². The maximum atomic E-state index is 11.7. The van der Waals surface area contributed by atoms with Gasteiger partial charge in [0, 0.05) is 6.42 Å². The quantitative estimate of drug-likeness (QED) is 0.369. The summed E-state index contributed by atoms with van der Waals surface area (Å²) in [6, 6.07) is 0. The van der Waals surface area contributed by atoms with Crippen molar-refractivity contribution < 1.29 is 29.4 Å². The molecule has 0 aliphatic rings. The van der Waals surface area contributed by atoms with Crippen LogP contribution >= 0.6 is 0 Å². The zero-order chi connectivity index (χ0) is 16.9. The summed E-state index contributed by atoms with van der Waals surface area (Å²) in [4.78, 5) is 51.4. The lowest BCUT2D eigenvalue weighted by Crippen LogP contribution is -2.31. The third-order valence-electron chi connectivity index (χ3n) is 2.40. The summed E-state index contributed by atoms with van der Waals surface area (Å²) >= 11 is 0. The third-order valence-corrected chi connectivity index (χ3v) is 2.40. The molecule has 0 fully saturated rings. The van der Waals surface area contributed by atoms with Gasteiger partial charge in [0.15, 0.2) is 28.8 Å². The Hall–Kier alpha value is -3.24. The van der Waals surface area contributed by atoms with E-state index in [1.54, 1.807) is 0 Å². The molecular weight excluding hydrogens is 298 g/mol. The fourth-order valence-electron chi connectivity index (χ4n) is 1.41. The molecule has 0 unspecified atom stereocenters. The van der Waals surface area contributed by atoms with Crippen LogP contribution in [0.25, 0.3) is 0 Å². The second-order valence-corrected chi connectivity index (χ2v) is 4.08. The number of Topliss-reactive ketones (excluding diaryl/α,β-unsaturated/α-hetero) is 1. The lowest BCUT2D eigenvalue weighted by molar-refractivity contribution is -0.137. The smallest absolute Gasteiger partial charge is 0.322 e. The monoisotopic (exact) mass is 311 g/mol. The molecule has 0 bridgehead atoms. The van der Waals surface area contributed by atoms with Crippen LogP contribution in [0.2, 0.25) is 0 Å². The number of carboxylic acids is 2. The number of ketones is 1. The second kappa shape index (κ2) is 6.97. The van der Waals surface area contributed by atoms with Gasteiger partial charge in [-0.15, -0.1) is 0 Å². The predicted molar refractivity (Wildman–Crippen MR) is 72.0 cm³/mol. The summed E-state index contributed by atoms with van der Waals surface area (Å²) in [7, 11) is 0. The highest BCUT2D eigenvalue weighted by Crippen LogP contribution is 2.15. The van der Waals surface area contributed by atoms with Crippen LogP contribution in [0, 0.1) is 0 Å². The van der Waals surface area contributed by atoms with E-state index < -0.39 is 53.9 Å². The van der Waals surface area contributed by atoms with Crippen LogP contribution in [0.15, 0.2) is 0 Å². The van der Waals surface area contributed by atoms with Crippen LogP contribution in [0.4, 0.5) is 11.6 Å². The zero-order valence-electron chi connectivity index (χ0n) is 11.2. The van der Waals surface area contributed by atoms with E-state index in [2.05, 4.69) is 9.97 Å². The predicted octanol–water partition coefficient (Wildman–Crippen LogP) is -1.50. The highest BCUT2D eigenvalue weighted by molar-refractivity contribution is 6.02. The normalized spacial score (nSPS) is 10.0. The number of nitrogens with zero attached hydrogens (tertiary/aromatic N) is 2. The Morgan fingerprint density at radius 2 is 1.45 bits per heavy atom. The summed E-state index contributed by atoms with van der Waals surface area (Å²) in [5.74, 6) is -4.85. The van der Waals surface area contributed by atoms with Gasteiger partial charge in [0.1, 0.15) is 6.54 Å². The molecule has 0 aromatic carbocycles. The van der Waals surface area contributed by atoms with Crippen molar-refractivity contribution in [3.63, 3.8) is 0 Å². The minimum absolute atomic E-state index is 0.339. The molecule has 1 heterocycles. The number of aromatic nitrogens is 2. The number of nitrogens with two attached hydrogens (primary N) is 2. The first-order valence-corrected chi connectivity index (χ1v) is 5.90. The third kappa shape index (κ3) is 4.40. The van der Waals surface area contributed by atoms with Gasteiger partial charge in [-0.1, -0.05) is 0 Å². The molecule has 1 amide bonds. The van der Waals surface area contributed by atoms with Crippen molar-refractivity contribution in [2.75, 3.05) is 18.0 Å². The van der Waals surface area contributed by atoms with Crippen molar-refractivity contribution in [3.05, 3.63) is 11.4 Å². The molecule has 1 aromatic rings. The minimum atomic E-state index is -1.27. The molecule has 0 saturated carbocycles. The molecule has 22 heavy (non-hydrogen) atoms. The number of hydrogen-bond donors (Lipinski definition) is 5. The summed E-state index contributed by atoms with van der Waals surface area (Å²) in [5, 5.41) is 19.0. The van der Waals surface area contributed by atoms with Crippen LogP contribution in [-0.4, -0.2) is 50.4 Å². The van der Waals surface area contributed by atoms with Crippen molar-refractivity contribution in [1.29, 1.82) is 0 Å². The van der Waals surface area contributed by atoms with Crippen LogP contribution in [0.5, 0.6) is 0 Å². The van der Waals surface area contributed by atoms with Gasteiger partial charge < -0.3 is 27.0 Å². The minimum Gasteiger partial charge on any atom is -0.481 e. The molecule has 1 rings (SSSR count). The van der Waals surface area contributed by atoms with E-state index in [0.29, 0.717) is 0 Å². The SMILES string of the molecule is Nc1nc(C(=O)NCC(=O)O)c(N)nc1C(=O)CCC(=O)O. The molecule has 0 radical (unpaired) electrons. The highest BCUT2D eigenvalue weighted by atomic mass is 16.4. The number of rotatable bonds is 7. The van der Waals surface area contributed by atoms with E-state index in [9.17, 15) is 19.2 Å². The first-order valence-electron chi connectivity index (χ1n) is 5.90. The van der Waals surface area contributed by atoms with E-state index in [4.69, 9.17) is 21.7 Å². The molecule has 0 spiro atoms. The van der Waals surface area contributed by atoms with Crippen molar-refractivity contribution in [2.45, 2.75) is 12.8 Å². The fraction of sp³-hybridized carbons (Fsp3) is 0.273. The standard InChI is InChI=1S/C11H13N5O6/c12-9-7(4(17)1-2-5(18)19)15-10(13)8(16-9)11(22)14-3-6(20)21/h1-3H2,(H2,12,16)(H2,13,15)(H,14,22)(H,18,19)(H,20,21). The molecule has 11 nitrogen and oxygen atoms in total. The van der Waals surface area contributed by atoms with Gasteiger partial charge >= 0.3 is 11.9 Å². The number of nitrogens with one attached hydrogen (secondary N) is 1. The molecule has 0 aliphatic carbocycles. The van der Waals surface area contributed by atoms with Gasteiger partial charge in [-0.25, -0.2) is 9.97 Å². The second-order valence-electron chi connectivity index (χ2n) is 4.08. The van der Waals surface area contributed by atoms with Crippen molar-refractivity contribution in [3.8, 4) is 0 Å². The van der Waals surface area contributed by atoms with Gasteiger partial charge in [-0.2, -0.15) is 0 Å². The maximum Gasteiger partial charge on any atom is 0.322 e. The van der Waals surface area contributed by atoms with E-state index >= 15 is 0 Å². The Bertz CT molecular complexity index is 588. The van der Waals surface area contributed by atoms with Gasteiger partial charge in [0.05, 0.1) is 6.42 Å². The number of amides is 1. The Morgan fingerprint density at radius 1 is 0.909 bits per heavy atom. The first-order chi connectivity index (χ1) is 10.2. The molecule has 11 heteroatoms. The topological polar surface area (TPSA) is 199 Å². The molecule has 118 valence electrons. The lowest BCUT2D eigenvalue weighted by atomic mass is 10.1. The Kier molecular flexibility index (Phi) is 5.32. The van der Waals surface area contributed by atoms with Gasteiger partial charge in [-0.3, -0.25) is 19.2 Å². The molecule has 1 aromatic heterocycles. The van der Waals surface area contributed by atoms with Crippen LogP contribution in [0.3, 0.4) is 0 Å². The molecule has 0 aliphatic heterocycles. The van der Waals surface area contributed by atoms with E-state index in [1.807, 2.05) is 5.32 Å². The molecule has 0 atom stereocenters. The number of nitrogen functional groups attached to an aromatic ring is 2. The van der Waals surface area contributed by atoms with Gasteiger partial charge in [0.25, 0.3) is 5.91 Å². The average molecular weight is 311 g/mol. The maximum absolute atomic E-state index is 11.7. The van der Waals surface area contributed by atoms with Crippen molar-refractivity contribution in [1.82, 2.24) is 15.3 Å². The number of hydrogen-bond acceptors (Lipinski definition) is 8. The molecule has 0 saturated heterocycles.